The summed E-state index contributed by atoms with van der Waals surface area (Å²) in [7, 11) is 0. The zero-order chi connectivity index (χ0) is 18.4. The lowest BCUT2D eigenvalue weighted by Gasteiger charge is -2.26. The predicted octanol–water partition coefficient (Wildman–Crippen LogP) is 4.59. The predicted molar refractivity (Wildman–Crippen MR) is 107 cm³/mol. The highest BCUT2D eigenvalue weighted by Crippen LogP contribution is 2.22. The zero-order valence-corrected chi connectivity index (χ0v) is 15.6. The first kappa shape index (κ1) is 17.9. The van der Waals surface area contributed by atoms with Crippen molar-refractivity contribution in [3.05, 3.63) is 71.9 Å². The van der Waals surface area contributed by atoms with E-state index in [-0.39, 0.29) is 6.04 Å². The molecule has 0 fully saturated rings. The molecule has 1 aromatic heterocycles. The van der Waals surface area contributed by atoms with E-state index in [2.05, 4.69) is 65.5 Å². The molecule has 3 rings (SSSR count). The van der Waals surface area contributed by atoms with Crippen molar-refractivity contribution in [2.75, 3.05) is 10.2 Å². The Balaban J connectivity index is 1.84. The lowest BCUT2D eigenvalue weighted by Crippen LogP contribution is -2.32. The first-order valence-corrected chi connectivity index (χ1v) is 9.02. The third-order valence-corrected chi connectivity index (χ3v) is 4.28. The molecular weight excluding hydrogens is 322 g/mol. The van der Waals surface area contributed by atoms with Crippen LogP contribution in [0.15, 0.2) is 60.8 Å². The molecule has 134 valence electrons. The van der Waals surface area contributed by atoms with E-state index >= 15 is 0 Å². The van der Waals surface area contributed by atoms with Crippen molar-refractivity contribution < 1.29 is 0 Å². The molecular formula is C21H25N5. The summed E-state index contributed by atoms with van der Waals surface area (Å²) in [5.74, 6) is 1.33. The van der Waals surface area contributed by atoms with Crippen molar-refractivity contribution in [1.29, 1.82) is 0 Å². The minimum absolute atomic E-state index is 0.259. The molecule has 3 aromatic rings. The third kappa shape index (κ3) is 4.36. The van der Waals surface area contributed by atoms with Gasteiger partial charge < -0.3 is 10.2 Å². The molecule has 26 heavy (non-hydrogen) atoms. The summed E-state index contributed by atoms with van der Waals surface area (Å²) in [6.07, 6.45) is 2.62. The van der Waals surface area contributed by atoms with Crippen LogP contribution in [0.1, 0.15) is 31.9 Å². The van der Waals surface area contributed by atoms with E-state index in [4.69, 9.17) is 4.98 Å². The molecule has 0 radical (unpaired) electrons. The number of rotatable bonds is 7. The topological polar surface area (TPSA) is 53.9 Å². The van der Waals surface area contributed by atoms with Crippen LogP contribution in [0, 0.1) is 0 Å². The fraction of sp³-hybridized carbons (Fsp3) is 0.286. The summed E-state index contributed by atoms with van der Waals surface area (Å²) in [4.78, 5) is 6.85. The quantitative estimate of drug-likeness (QED) is 0.677. The van der Waals surface area contributed by atoms with Crippen LogP contribution in [0.5, 0.6) is 0 Å². The smallest absolute Gasteiger partial charge is 0.247 e. The van der Waals surface area contributed by atoms with Crippen LogP contribution >= 0.6 is 0 Å². The molecule has 0 saturated carbocycles. The molecule has 0 amide bonds. The summed E-state index contributed by atoms with van der Waals surface area (Å²) < 4.78 is 0. The largest absolute Gasteiger partial charge is 0.339 e. The van der Waals surface area contributed by atoms with E-state index in [0.29, 0.717) is 11.8 Å². The molecule has 0 bridgehead atoms. The Labute approximate surface area is 155 Å². The van der Waals surface area contributed by atoms with Gasteiger partial charge in [0.2, 0.25) is 5.95 Å². The number of nitrogens with zero attached hydrogens (tertiary/aromatic N) is 4. The summed E-state index contributed by atoms with van der Waals surface area (Å²) in [6, 6.07) is 18.9. The lowest BCUT2D eigenvalue weighted by molar-refractivity contribution is 0.653. The Morgan fingerprint density at radius 2 is 1.73 bits per heavy atom. The van der Waals surface area contributed by atoms with Crippen LogP contribution in [0.3, 0.4) is 0 Å². The fourth-order valence-electron chi connectivity index (χ4n) is 2.83. The van der Waals surface area contributed by atoms with Crippen molar-refractivity contribution in [3.8, 4) is 0 Å². The molecule has 0 aliphatic rings. The van der Waals surface area contributed by atoms with E-state index in [1.54, 1.807) is 6.20 Å². The van der Waals surface area contributed by atoms with Gasteiger partial charge in [0, 0.05) is 18.3 Å². The van der Waals surface area contributed by atoms with Gasteiger partial charge in [-0.2, -0.15) is 10.1 Å². The van der Waals surface area contributed by atoms with Gasteiger partial charge >= 0.3 is 0 Å². The average molecular weight is 347 g/mol. The maximum Gasteiger partial charge on any atom is 0.247 e. The molecule has 2 aromatic carbocycles. The number of anilines is 3. The number of aromatic nitrogens is 3. The highest BCUT2D eigenvalue weighted by molar-refractivity contribution is 5.60. The summed E-state index contributed by atoms with van der Waals surface area (Å²) in [5, 5.41) is 11.8. The van der Waals surface area contributed by atoms with E-state index in [1.807, 2.05) is 30.3 Å². The van der Waals surface area contributed by atoms with Gasteiger partial charge in [-0.25, -0.2) is 0 Å². The third-order valence-electron chi connectivity index (χ3n) is 4.28. The average Bonchev–Trinajstić information content (AvgIpc) is 2.67. The Hall–Kier alpha value is -2.95. The van der Waals surface area contributed by atoms with Crippen LogP contribution < -0.4 is 10.2 Å². The van der Waals surface area contributed by atoms with Gasteiger partial charge in [0.1, 0.15) is 0 Å². The molecule has 0 unspecified atom stereocenters. The second-order valence-electron chi connectivity index (χ2n) is 6.48. The standard InChI is InChI=1S/C21H25N5/c1-4-18-12-8-9-13-19(18)23-20-14-22-25-21(24-20)26(16(2)3)15-17-10-6-5-7-11-17/h5-14,16H,4,15H2,1-3H3,(H,23,24,25). The van der Waals surface area contributed by atoms with Gasteiger partial charge in [-0.3, -0.25) is 0 Å². The van der Waals surface area contributed by atoms with Crippen molar-refractivity contribution in [3.63, 3.8) is 0 Å². The first-order valence-electron chi connectivity index (χ1n) is 9.02. The van der Waals surface area contributed by atoms with Gasteiger partial charge in [-0.15, -0.1) is 5.10 Å². The van der Waals surface area contributed by atoms with Crippen molar-refractivity contribution in [2.45, 2.75) is 39.8 Å². The molecule has 5 nitrogen and oxygen atoms in total. The van der Waals surface area contributed by atoms with Crippen LogP contribution in [0.4, 0.5) is 17.5 Å². The number of para-hydroxylation sites is 1. The second-order valence-corrected chi connectivity index (χ2v) is 6.48. The minimum Gasteiger partial charge on any atom is -0.339 e. The fourth-order valence-corrected chi connectivity index (χ4v) is 2.83. The van der Waals surface area contributed by atoms with Crippen molar-refractivity contribution in [2.24, 2.45) is 0 Å². The maximum atomic E-state index is 4.70. The van der Waals surface area contributed by atoms with Gasteiger partial charge in [-0.05, 0) is 37.5 Å². The van der Waals surface area contributed by atoms with E-state index < -0.39 is 0 Å². The molecule has 0 spiro atoms. The summed E-state index contributed by atoms with van der Waals surface area (Å²) >= 11 is 0. The Morgan fingerprint density at radius 3 is 2.46 bits per heavy atom. The van der Waals surface area contributed by atoms with Crippen molar-refractivity contribution >= 4 is 17.5 Å². The number of aryl methyl sites for hydroxylation is 1. The Bertz CT molecular complexity index is 833. The van der Waals surface area contributed by atoms with E-state index in [0.717, 1.165) is 18.7 Å². The van der Waals surface area contributed by atoms with Gasteiger partial charge in [0.15, 0.2) is 5.82 Å². The lowest BCUT2D eigenvalue weighted by atomic mass is 10.1. The number of hydrogen-bond acceptors (Lipinski definition) is 5. The molecule has 0 saturated heterocycles. The van der Waals surface area contributed by atoms with Crippen LogP contribution in [0.25, 0.3) is 0 Å². The number of benzene rings is 2. The van der Waals surface area contributed by atoms with Crippen LogP contribution in [-0.2, 0) is 13.0 Å². The van der Waals surface area contributed by atoms with Crippen LogP contribution in [-0.4, -0.2) is 21.2 Å². The Kier molecular flexibility index (Phi) is 5.79. The monoisotopic (exact) mass is 347 g/mol. The zero-order valence-electron chi connectivity index (χ0n) is 15.6. The first-order chi connectivity index (χ1) is 12.7. The molecule has 0 aliphatic heterocycles. The Morgan fingerprint density at radius 1 is 1.00 bits per heavy atom. The highest BCUT2D eigenvalue weighted by Gasteiger charge is 2.15. The number of nitrogens with one attached hydrogen (secondary N) is 1. The number of hydrogen-bond donors (Lipinski definition) is 1. The van der Waals surface area contributed by atoms with Gasteiger partial charge in [-0.1, -0.05) is 55.5 Å². The second kappa shape index (κ2) is 8.43. The highest BCUT2D eigenvalue weighted by atomic mass is 15.3. The van der Waals surface area contributed by atoms with Gasteiger partial charge in [0.25, 0.3) is 0 Å². The van der Waals surface area contributed by atoms with E-state index in [9.17, 15) is 0 Å². The minimum atomic E-state index is 0.259. The molecule has 0 aliphatic carbocycles. The molecule has 1 heterocycles. The molecule has 0 atom stereocenters. The maximum absolute atomic E-state index is 4.70. The van der Waals surface area contributed by atoms with Crippen molar-refractivity contribution in [1.82, 2.24) is 15.2 Å². The summed E-state index contributed by atoms with van der Waals surface area (Å²) in [6.45, 7) is 7.16. The van der Waals surface area contributed by atoms with Gasteiger partial charge in [0.05, 0.1) is 6.20 Å². The normalized spacial score (nSPS) is 10.8. The molecule has 1 N–H and O–H groups in total. The van der Waals surface area contributed by atoms with Crippen LogP contribution in [0.2, 0.25) is 0 Å². The van der Waals surface area contributed by atoms with E-state index in [1.165, 1.54) is 11.1 Å². The summed E-state index contributed by atoms with van der Waals surface area (Å²) in [5.41, 5.74) is 3.53. The SMILES string of the molecule is CCc1ccccc1Nc1cnnc(N(Cc2ccccc2)C(C)C)n1. The molecule has 5 heteroatoms.